The number of benzene rings is 1. The first-order valence-electron chi connectivity index (χ1n) is 4.46. The topological polar surface area (TPSA) is 41.5 Å². The Morgan fingerprint density at radius 3 is 2.80 bits per heavy atom. The van der Waals surface area contributed by atoms with E-state index in [2.05, 4.69) is 21.2 Å². The third-order valence-electron chi connectivity index (χ3n) is 2.04. The summed E-state index contributed by atoms with van der Waals surface area (Å²) in [5.41, 5.74) is 0.168. The molecule has 5 heteroatoms. The fourth-order valence-corrected chi connectivity index (χ4v) is 1.68. The fraction of sp³-hybridized carbons (Fsp3) is 0.400. The normalized spacial score (nSPS) is 12.6. The minimum atomic E-state index is -0.928. The third-order valence-corrected chi connectivity index (χ3v) is 2.66. The van der Waals surface area contributed by atoms with E-state index in [0.29, 0.717) is 10.2 Å². The molecule has 1 atom stereocenters. The SMILES string of the molecule is CNCC(O)c1c(OC)ccc(Br)c1F. The second-order valence-corrected chi connectivity index (χ2v) is 3.91. The number of hydrogen-bond acceptors (Lipinski definition) is 3. The summed E-state index contributed by atoms with van der Waals surface area (Å²) in [6.07, 6.45) is -0.928. The lowest BCUT2D eigenvalue weighted by Crippen LogP contribution is -2.18. The van der Waals surface area contributed by atoms with Gasteiger partial charge in [0.25, 0.3) is 0 Å². The molecule has 0 amide bonds. The van der Waals surface area contributed by atoms with Gasteiger partial charge in [0.05, 0.1) is 23.2 Å². The van der Waals surface area contributed by atoms with Crippen LogP contribution in [-0.2, 0) is 0 Å². The number of hydrogen-bond donors (Lipinski definition) is 2. The van der Waals surface area contributed by atoms with Crippen molar-refractivity contribution in [2.24, 2.45) is 0 Å². The molecule has 1 aromatic rings. The number of aliphatic hydroxyl groups is 1. The van der Waals surface area contributed by atoms with E-state index in [0.717, 1.165) is 0 Å². The van der Waals surface area contributed by atoms with Crippen molar-refractivity contribution in [2.75, 3.05) is 20.7 Å². The van der Waals surface area contributed by atoms with Crippen LogP contribution in [0.3, 0.4) is 0 Å². The van der Waals surface area contributed by atoms with Gasteiger partial charge in [0.1, 0.15) is 11.6 Å². The van der Waals surface area contributed by atoms with E-state index >= 15 is 0 Å². The molecule has 0 radical (unpaired) electrons. The van der Waals surface area contributed by atoms with E-state index in [-0.39, 0.29) is 12.1 Å². The van der Waals surface area contributed by atoms with Gasteiger partial charge < -0.3 is 15.2 Å². The molecule has 0 aromatic heterocycles. The van der Waals surface area contributed by atoms with Crippen LogP contribution in [0.4, 0.5) is 4.39 Å². The second kappa shape index (κ2) is 5.44. The molecule has 0 saturated heterocycles. The molecule has 3 nitrogen and oxygen atoms in total. The lowest BCUT2D eigenvalue weighted by molar-refractivity contribution is 0.168. The Bertz CT molecular complexity index is 346. The monoisotopic (exact) mass is 277 g/mol. The quantitative estimate of drug-likeness (QED) is 0.883. The summed E-state index contributed by atoms with van der Waals surface area (Å²) in [6, 6.07) is 3.16. The molecular formula is C10H13BrFNO2. The van der Waals surface area contributed by atoms with E-state index in [1.807, 2.05) is 0 Å². The van der Waals surface area contributed by atoms with Crippen molar-refractivity contribution in [1.82, 2.24) is 5.32 Å². The number of nitrogens with one attached hydrogen (secondary N) is 1. The van der Waals surface area contributed by atoms with Crippen LogP contribution in [0.2, 0.25) is 0 Å². The Morgan fingerprint density at radius 2 is 2.27 bits per heavy atom. The van der Waals surface area contributed by atoms with Gasteiger partial charge in [-0.25, -0.2) is 4.39 Å². The van der Waals surface area contributed by atoms with Gasteiger partial charge in [0, 0.05) is 6.54 Å². The van der Waals surface area contributed by atoms with E-state index in [9.17, 15) is 9.50 Å². The predicted molar refractivity (Wildman–Crippen MR) is 59.5 cm³/mol. The molecule has 2 N–H and O–H groups in total. The van der Waals surface area contributed by atoms with Crippen LogP contribution in [-0.4, -0.2) is 25.8 Å². The van der Waals surface area contributed by atoms with E-state index < -0.39 is 11.9 Å². The Kier molecular flexibility index (Phi) is 4.50. The number of methoxy groups -OCH3 is 1. The maximum absolute atomic E-state index is 13.7. The average molecular weight is 278 g/mol. The molecule has 1 unspecified atom stereocenters. The first kappa shape index (κ1) is 12.4. The molecule has 0 aliphatic rings. The van der Waals surface area contributed by atoms with Crippen LogP contribution in [0.1, 0.15) is 11.7 Å². The highest BCUT2D eigenvalue weighted by molar-refractivity contribution is 9.10. The van der Waals surface area contributed by atoms with Crippen molar-refractivity contribution in [3.63, 3.8) is 0 Å². The first-order valence-corrected chi connectivity index (χ1v) is 5.25. The lowest BCUT2D eigenvalue weighted by atomic mass is 10.1. The summed E-state index contributed by atoms with van der Waals surface area (Å²) in [5, 5.41) is 12.5. The Morgan fingerprint density at radius 1 is 1.60 bits per heavy atom. The number of ether oxygens (including phenoxy) is 1. The second-order valence-electron chi connectivity index (χ2n) is 3.05. The third kappa shape index (κ3) is 2.68. The van der Waals surface area contributed by atoms with Gasteiger partial charge in [-0.05, 0) is 35.1 Å². The summed E-state index contributed by atoms with van der Waals surface area (Å²) in [4.78, 5) is 0. The van der Waals surface area contributed by atoms with Gasteiger partial charge in [-0.3, -0.25) is 0 Å². The fourth-order valence-electron chi connectivity index (χ4n) is 1.33. The first-order chi connectivity index (χ1) is 7.11. The van der Waals surface area contributed by atoms with Crippen molar-refractivity contribution in [1.29, 1.82) is 0 Å². The maximum Gasteiger partial charge on any atom is 0.146 e. The number of aliphatic hydroxyl groups excluding tert-OH is 1. The molecule has 84 valence electrons. The van der Waals surface area contributed by atoms with Crippen molar-refractivity contribution in [3.8, 4) is 5.75 Å². The minimum absolute atomic E-state index is 0.168. The van der Waals surface area contributed by atoms with Gasteiger partial charge in [0.15, 0.2) is 0 Å². The zero-order valence-electron chi connectivity index (χ0n) is 8.55. The van der Waals surface area contributed by atoms with E-state index in [4.69, 9.17) is 4.74 Å². The summed E-state index contributed by atoms with van der Waals surface area (Å²) >= 11 is 3.07. The highest BCUT2D eigenvalue weighted by Gasteiger charge is 2.19. The van der Waals surface area contributed by atoms with Crippen molar-refractivity contribution in [2.45, 2.75) is 6.10 Å². The minimum Gasteiger partial charge on any atom is -0.496 e. The van der Waals surface area contributed by atoms with Gasteiger partial charge in [-0.2, -0.15) is 0 Å². The Hall–Kier alpha value is -0.650. The number of rotatable bonds is 4. The summed E-state index contributed by atoms with van der Waals surface area (Å²) in [6.45, 7) is 0.268. The molecular weight excluding hydrogens is 265 g/mol. The summed E-state index contributed by atoms with van der Waals surface area (Å²) in [7, 11) is 3.13. The van der Waals surface area contributed by atoms with Crippen molar-refractivity contribution in [3.05, 3.63) is 28.0 Å². The Balaban J connectivity index is 3.17. The molecule has 0 heterocycles. The van der Waals surface area contributed by atoms with Crippen LogP contribution >= 0.6 is 15.9 Å². The van der Waals surface area contributed by atoms with Crippen LogP contribution in [0.25, 0.3) is 0 Å². The molecule has 1 rings (SSSR count). The maximum atomic E-state index is 13.7. The number of likely N-dealkylation sites (N-methyl/N-ethyl adjacent to an activating group) is 1. The van der Waals surface area contributed by atoms with Crippen LogP contribution in [0.5, 0.6) is 5.75 Å². The van der Waals surface area contributed by atoms with Crippen LogP contribution in [0, 0.1) is 5.82 Å². The zero-order chi connectivity index (χ0) is 11.4. The van der Waals surface area contributed by atoms with Crippen LogP contribution < -0.4 is 10.1 Å². The molecule has 1 aromatic carbocycles. The largest absolute Gasteiger partial charge is 0.496 e. The molecule has 15 heavy (non-hydrogen) atoms. The predicted octanol–water partition coefficient (Wildman–Crippen LogP) is 1.85. The molecule has 0 saturated carbocycles. The zero-order valence-corrected chi connectivity index (χ0v) is 10.1. The van der Waals surface area contributed by atoms with Gasteiger partial charge >= 0.3 is 0 Å². The Labute approximate surface area is 96.4 Å². The molecule has 0 aliphatic heterocycles. The smallest absolute Gasteiger partial charge is 0.146 e. The molecule has 0 fully saturated rings. The van der Waals surface area contributed by atoms with E-state index in [1.165, 1.54) is 7.11 Å². The van der Waals surface area contributed by atoms with Gasteiger partial charge in [-0.15, -0.1) is 0 Å². The van der Waals surface area contributed by atoms with Crippen molar-refractivity contribution < 1.29 is 14.2 Å². The summed E-state index contributed by atoms with van der Waals surface area (Å²) < 4.78 is 19.0. The van der Waals surface area contributed by atoms with E-state index in [1.54, 1.807) is 19.2 Å². The highest BCUT2D eigenvalue weighted by Crippen LogP contribution is 2.32. The van der Waals surface area contributed by atoms with Crippen LogP contribution in [0.15, 0.2) is 16.6 Å². The number of halogens is 2. The highest BCUT2D eigenvalue weighted by atomic mass is 79.9. The molecule has 0 bridgehead atoms. The van der Waals surface area contributed by atoms with Gasteiger partial charge in [0.2, 0.25) is 0 Å². The van der Waals surface area contributed by atoms with Gasteiger partial charge in [-0.1, -0.05) is 0 Å². The molecule has 0 spiro atoms. The molecule has 0 aliphatic carbocycles. The summed E-state index contributed by atoms with van der Waals surface area (Å²) in [5.74, 6) is -0.143. The lowest BCUT2D eigenvalue weighted by Gasteiger charge is -2.15. The van der Waals surface area contributed by atoms with Crippen molar-refractivity contribution >= 4 is 15.9 Å². The average Bonchev–Trinajstić information content (AvgIpc) is 2.22. The standard InChI is InChI=1S/C10H13BrFNO2/c1-13-5-7(14)9-8(15-2)4-3-6(11)10(9)12/h3-4,7,13-14H,5H2,1-2H3.